The van der Waals surface area contributed by atoms with Crippen molar-refractivity contribution in [2.75, 3.05) is 19.6 Å². The van der Waals surface area contributed by atoms with E-state index in [-0.39, 0.29) is 18.2 Å². The summed E-state index contributed by atoms with van der Waals surface area (Å²) in [6, 6.07) is 6.21. The largest absolute Gasteiger partial charge is 0.573 e. The van der Waals surface area contributed by atoms with Crippen LogP contribution in [0.5, 0.6) is 5.75 Å². The lowest BCUT2D eigenvalue weighted by Crippen LogP contribution is -2.34. The molecule has 0 spiro atoms. The minimum atomic E-state index is -4.66. The lowest BCUT2D eigenvalue weighted by atomic mass is 9.95. The summed E-state index contributed by atoms with van der Waals surface area (Å²) in [7, 11) is 0. The van der Waals surface area contributed by atoms with Crippen LogP contribution in [0.2, 0.25) is 0 Å². The minimum absolute atomic E-state index is 0. The van der Waals surface area contributed by atoms with E-state index in [1.54, 1.807) is 6.07 Å². The molecule has 1 N–H and O–H groups in total. The Balaban J connectivity index is 0.00000225. The number of aromatic nitrogens is 3. The predicted molar refractivity (Wildman–Crippen MR) is 99.4 cm³/mol. The van der Waals surface area contributed by atoms with Gasteiger partial charge in [0.05, 0.1) is 6.54 Å². The highest BCUT2D eigenvalue weighted by Gasteiger charge is 2.31. The fourth-order valence-corrected chi connectivity index (χ4v) is 3.87. The molecule has 2 aliphatic rings. The molecule has 0 atom stereocenters. The van der Waals surface area contributed by atoms with E-state index >= 15 is 0 Å². The van der Waals surface area contributed by atoms with E-state index < -0.39 is 6.36 Å². The van der Waals surface area contributed by atoms with Crippen LogP contribution in [-0.4, -0.2) is 45.7 Å². The SMILES string of the molecule is Cl.FC(F)(F)Oc1cccc(CN2CCC(c3nnc4n3CCNC4)CC2)c1. The Hall–Kier alpha value is -1.84. The number of nitrogens with one attached hydrogen (secondary N) is 1. The van der Waals surface area contributed by atoms with Crippen LogP contribution in [0.1, 0.15) is 36.0 Å². The molecule has 2 aliphatic heterocycles. The summed E-state index contributed by atoms with van der Waals surface area (Å²) in [5, 5.41) is 12.0. The third-order valence-electron chi connectivity index (χ3n) is 5.14. The number of likely N-dealkylation sites (tertiary alicyclic amines) is 1. The lowest BCUT2D eigenvalue weighted by Gasteiger charge is -2.32. The number of nitrogens with zero attached hydrogens (tertiary/aromatic N) is 4. The predicted octanol–water partition coefficient (Wildman–Crippen LogP) is 3.08. The molecule has 1 aromatic carbocycles. The summed E-state index contributed by atoms with van der Waals surface area (Å²) in [6.07, 6.45) is -2.71. The first kappa shape index (κ1) is 20.9. The number of alkyl halides is 3. The Labute approximate surface area is 167 Å². The van der Waals surface area contributed by atoms with Gasteiger partial charge in [0, 0.05) is 25.6 Å². The maximum Gasteiger partial charge on any atom is 0.573 e. The smallest absolute Gasteiger partial charge is 0.406 e. The van der Waals surface area contributed by atoms with Crippen molar-refractivity contribution in [2.45, 2.75) is 44.8 Å². The molecule has 0 amide bonds. The number of fused-ring (bicyclic) bond motifs is 1. The van der Waals surface area contributed by atoms with Gasteiger partial charge in [0.25, 0.3) is 0 Å². The second-order valence-corrected chi connectivity index (χ2v) is 7.05. The number of benzene rings is 1. The average Bonchev–Trinajstić information content (AvgIpc) is 3.05. The molecule has 0 saturated carbocycles. The zero-order valence-corrected chi connectivity index (χ0v) is 16.1. The second-order valence-electron chi connectivity index (χ2n) is 7.05. The van der Waals surface area contributed by atoms with Gasteiger partial charge in [-0.05, 0) is 43.6 Å². The van der Waals surface area contributed by atoms with E-state index in [2.05, 4.69) is 29.7 Å². The van der Waals surface area contributed by atoms with Gasteiger partial charge in [0.1, 0.15) is 17.4 Å². The summed E-state index contributed by atoms with van der Waals surface area (Å²) in [5.74, 6) is 2.30. The Morgan fingerprint density at radius 1 is 1.14 bits per heavy atom. The summed E-state index contributed by atoms with van der Waals surface area (Å²) in [4.78, 5) is 2.26. The van der Waals surface area contributed by atoms with Crippen molar-refractivity contribution in [3.63, 3.8) is 0 Å². The Morgan fingerprint density at radius 3 is 2.68 bits per heavy atom. The van der Waals surface area contributed by atoms with Gasteiger partial charge >= 0.3 is 6.36 Å². The molecule has 10 heteroatoms. The molecule has 1 aromatic heterocycles. The first-order chi connectivity index (χ1) is 13.0. The zero-order valence-electron chi connectivity index (χ0n) is 15.3. The molecule has 0 aliphatic carbocycles. The van der Waals surface area contributed by atoms with Gasteiger partial charge in [0.2, 0.25) is 0 Å². The Morgan fingerprint density at radius 2 is 1.93 bits per heavy atom. The van der Waals surface area contributed by atoms with Crippen LogP contribution in [0, 0.1) is 0 Å². The molecule has 6 nitrogen and oxygen atoms in total. The highest BCUT2D eigenvalue weighted by atomic mass is 35.5. The van der Waals surface area contributed by atoms with Gasteiger partial charge in [-0.1, -0.05) is 12.1 Å². The van der Waals surface area contributed by atoms with Gasteiger partial charge in [-0.15, -0.1) is 35.8 Å². The van der Waals surface area contributed by atoms with Crippen LogP contribution in [0.25, 0.3) is 0 Å². The summed E-state index contributed by atoms with van der Waals surface area (Å²) >= 11 is 0. The fraction of sp³-hybridized carbons (Fsp3) is 0.556. The molecule has 1 fully saturated rings. The molecular weight excluding hydrogens is 395 g/mol. The van der Waals surface area contributed by atoms with Crippen LogP contribution >= 0.6 is 12.4 Å². The van der Waals surface area contributed by atoms with Crippen LogP contribution in [0.3, 0.4) is 0 Å². The minimum Gasteiger partial charge on any atom is -0.406 e. The van der Waals surface area contributed by atoms with Crippen LogP contribution in [0.15, 0.2) is 24.3 Å². The van der Waals surface area contributed by atoms with Gasteiger partial charge in [0.15, 0.2) is 0 Å². The van der Waals surface area contributed by atoms with E-state index in [9.17, 15) is 13.2 Å². The van der Waals surface area contributed by atoms with E-state index in [4.69, 9.17) is 0 Å². The molecule has 2 aromatic rings. The average molecular weight is 418 g/mol. The Kier molecular flexibility index (Phi) is 6.47. The van der Waals surface area contributed by atoms with Crippen molar-refractivity contribution < 1.29 is 17.9 Å². The normalized spacial score (nSPS) is 18.4. The fourth-order valence-electron chi connectivity index (χ4n) is 3.87. The number of halogens is 4. The number of hydrogen-bond donors (Lipinski definition) is 1. The first-order valence-electron chi connectivity index (χ1n) is 9.18. The number of ether oxygens (including phenoxy) is 1. The van der Waals surface area contributed by atoms with E-state index in [0.29, 0.717) is 12.5 Å². The molecule has 28 heavy (non-hydrogen) atoms. The maximum atomic E-state index is 12.4. The molecule has 154 valence electrons. The Bertz CT molecular complexity index is 790. The van der Waals surface area contributed by atoms with Crippen LogP contribution < -0.4 is 10.1 Å². The van der Waals surface area contributed by atoms with E-state index in [1.165, 1.54) is 12.1 Å². The van der Waals surface area contributed by atoms with Gasteiger partial charge in [-0.3, -0.25) is 4.90 Å². The molecule has 0 bridgehead atoms. The summed E-state index contributed by atoms with van der Waals surface area (Å²) in [6.45, 7) is 4.99. The maximum absolute atomic E-state index is 12.4. The quantitative estimate of drug-likeness (QED) is 0.828. The number of hydrogen-bond acceptors (Lipinski definition) is 5. The van der Waals surface area contributed by atoms with E-state index in [1.807, 2.05) is 6.07 Å². The van der Waals surface area contributed by atoms with Crippen molar-refractivity contribution in [3.8, 4) is 5.75 Å². The molecular formula is C18H23ClF3N5O. The molecule has 3 heterocycles. The third kappa shape index (κ3) is 4.95. The van der Waals surface area contributed by atoms with Crippen molar-refractivity contribution in [2.24, 2.45) is 0 Å². The molecule has 4 rings (SSSR count). The summed E-state index contributed by atoms with van der Waals surface area (Å²) < 4.78 is 43.4. The first-order valence-corrected chi connectivity index (χ1v) is 9.18. The molecule has 0 unspecified atom stereocenters. The van der Waals surface area contributed by atoms with Gasteiger partial charge < -0.3 is 14.6 Å². The zero-order chi connectivity index (χ0) is 18.9. The van der Waals surface area contributed by atoms with Gasteiger partial charge in [-0.25, -0.2) is 0 Å². The highest BCUT2D eigenvalue weighted by Crippen LogP contribution is 2.29. The lowest BCUT2D eigenvalue weighted by molar-refractivity contribution is -0.274. The number of piperidine rings is 1. The molecule has 0 radical (unpaired) electrons. The summed E-state index contributed by atoms with van der Waals surface area (Å²) in [5.41, 5.74) is 0.820. The highest BCUT2D eigenvalue weighted by molar-refractivity contribution is 5.85. The standard InChI is InChI=1S/C18H22F3N5O.ClH/c19-18(20,21)27-15-3-1-2-13(10-15)12-25-7-4-14(5-8-25)17-24-23-16-11-22-6-9-26(16)17;/h1-3,10,14,22H,4-9,11-12H2;1H. The third-order valence-corrected chi connectivity index (χ3v) is 5.14. The molecule has 1 saturated heterocycles. The van der Waals surface area contributed by atoms with Crippen molar-refractivity contribution in [3.05, 3.63) is 41.5 Å². The second kappa shape index (κ2) is 8.67. The monoisotopic (exact) mass is 417 g/mol. The van der Waals surface area contributed by atoms with Crippen molar-refractivity contribution >= 4 is 12.4 Å². The van der Waals surface area contributed by atoms with Crippen LogP contribution in [0.4, 0.5) is 13.2 Å². The van der Waals surface area contributed by atoms with Gasteiger partial charge in [-0.2, -0.15) is 0 Å². The van der Waals surface area contributed by atoms with Crippen LogP contribution in [-0.2, 0) is 19.6 Å². The topological polar surface area (TPSA) is 55.2 Å². The number of rotatable bonds is 4. The van der Waals surface area contributed by atoms with Crippen molar-refractivity contribution in [1.82, 2.24) is 25.0 Å². The van der Waals surface area contributed by atoms with Crippen molar-refractivity contribution in [1.29, 1.82) is 0 Å². The van der Waals surface area contributed by atoms with E-state index in [0.717, 1.165) is 62.8 Å².